The van der Waals surface area contributed by atoms with E-state index in [-0.39, 0.29) is 6.04 Å². The van der Waals surface area contributed by atoms with Crippen molar-refractivity contribution in [1.82, 2.24) is 25.1 Å². The van der Waals surface area contributed by atoms with Gasteiger partial charge in [0.1, 0.15) is 0 Å². The molecule has 19 heavy (non-hydrogen) atoms. The Hall–Kier alpha value is -1.27. The first-order chi connectivity index (χ1) is 9.06. The van der Waals surface area contributed by atoms with E-state index in [0.29, 0.717) is 5.82 Å². The van der Waals surface area contributed by atoms with Gasteiger partial charge in [0.25, 0.3) is 0 Å². The average Bonchev–Trinajstić information content (AvgIpc) is 2.78. The summed E-state index contributed by atoms with van der Waals surface area (Å²) in [4.78, 5) is 3.87. The van der Waals surface area contributed by atoms with E-state index in [2.05, 4.69) is 62.5 Å². The van der Waals surface area contributed by atoms with E-state index in [4.69, 9.17) is 0 Å². The van der Waals surface area contributed by atoms with Crippen LogP contribution in [0.4, 0.5) is 0 Å². The molecule has 0 aliphatic rings. The summed E-state index contributed by atoms with van der Waals surface area (Å²) in [6, 6.07) is 8.41. The summed E-state index contributed by atoms with van der Waals surface area (Å²) in [6.45, 7) is 2.83. The summed E-state index contributed by atoms with van der Waals surface area (Å²) >= 11 is 3.46. The van der Waals surface area contributed by atoms with Gasteiger partial charge in [0.15, 0.2) is 5.82 Å². The largest absolute Gasteiger partial charge is 0.309 e. The highest BCUT2D eigenvalue weighted by Gasteiger charge is 2.16. The number of halogens is 1. The van der Waals surface area contributed by atoms with Crippen molar-refractivity contribution < 1.29 is 0 Å². The minimum absolute atomic E-state index is 0.122. The van der Waals surface area contributed by atoms with Crippen LogP contribution in [0.3, 0.4) is 0 Å². The Bertz CT molecular complexity index is 520. The van der Waals surface area contributed by atoms with Crippen LogP contribution < -0.4 is 0 Å². The number of tetrazole rings is 1. The number of hydrogen-bond acceptors (Lipinski definition) is 4. The molecule has 1 unspecified atom stereocenters. The van der Waals surface area contributed by atoms with Crippen molar-refractivity contribution in [1.29, 1.82) is 0 Å². The standard InChI is InChI=1S/C13H18BrN5/c1-10-15-17-19(16-10)13(8-9-18(2)3)11-4-6-12(14)7-5-11/h4-7,13H,8-9H2,1-3H3. The lowest BCUT2D eigenvalue weighted by Crippen LogP contribution is -2.21. The lowest BCUT2D eigenvalue weighted by atomic mass is 10.0. The number of hydrogen-bond donors (Lipinski definition) is 0. The molecule has 0 amide bonds. The molecule has 0 aliphatic carbocycles. The molecular weight excluding hydrogens is 306 g/mol. The second-order valence-electron chi connectivity index (χ2n) is 4.82. The minimum Gasteiger partial charge on any atom is -0.309 e. The van der Waals surface area contributed by atoms with E-state index in [1.807, 2.05) is 19.1 Å². The van der Waals surface area contributed by atoms with E-state index in [1.54, 1.807) is 4.80 Å². The highest BCUT2D eigenvalue weighted by atomic mass is 79.9. The Morgan fingerprint density at radius 2 is 1.95 bits per heavy atom. The van der Waals surface area contributed by atoms with Crippen molar-refractivity contribution in [3.05, 3.63) is 40.1 Å². The van der Waals surface area contributed by atoms with Gasteiger partial charge in [0.05, 0.1) is 6.04 Å². The lowest BCUT2D eigenvalue weighted by Gasteiger charge is -2.18. The number of rotatable bonds is 5. The van der Waals surface area contributed by atoms with Gasteiger partial charge in [-0.1, -0.05) is 28.1 Å². The molecule has 2 rings (SSSR count). The first-order valence-electron chi connectivity index (χ1n) is 6.22. The van der Waals surface area contributed by atoms with E-state index < -0.39 is 0 Å². The van der Waals surface area contributed by atoms with Crippen LogP contribution in [0.25, 0.3) is 0 Å². The second-order valence-corrected chi connectivity index (χ2v) is 5.73. The van der Waals surface area contributed by atoms with Gasteiger partial charge < -0.3 is 4.90 Å². The quantitative estimate of drug-likeness (QED) is 0.847. The molecular formula is C13H18BrN5. The lowest BCUT2D eigenvalue weighted by molar-refractivity contribution is 0.339. The summed E-state index contributed by atoms with van der Waals surface area (Å²) in [5, 5.41) is 12.5. The van der Waals surface area contributed by atoms with Crippen molar-refractivity contribution in [3.8, 4) is 0 Å². The zero-order valence-electron chi connectivity index (χ0n) is 11.4. The summed E-state index contributed by atoms with van der Waals surface area (Å²) in [5.74, 6) is 0.701. The molecule has 0 aliphatic heterocycles. The number of benzene rings is 1. The predicted octanol–water partition coefficient (Wildman–Crippen LogP) is 2.29. The molecule has 0 N–H and O–H groups in total. The maximum Gasteiger partial charge on any atom is 0.171 e. The highest BCUT2D eigenvalue weighted by molar-refractivity contribution is 9.10. The molecule has 1 heterocycles. The molecule has 0 saturated heterocycles. The fraction of sp³-hybridized carbons (Fsp3) is 0.462. The molecule has 6 heteroatoms. The molecule has 0 fully saturated rings. The van der Waals surface area contributed by atoms with Gasteiger partial charge in [-0.15, -0.1) is 10.2 Å². The van der Waals surface area contributed by atoms with Crippen LogP contribution >= 0.6 is 15.9 Å². The first-order valence-corrected chi connectivity index (χ1v) is 7.02. The zero-order valence-corrected chi connectivity index (χ0v) is 13.0. The Balaban J connectivity index is 2.25. The van der Waals surface area contributed by atoms with Gasteiger partial charge in [-0.25, -0.2) is 0 Å². The van der Waals surface area contributed by atoms with E-state index in [1.165, 1.54) is 5.56 Å². The highest BCUT2D eigenvalue weighted by Crippen LogP contribution is 2.22. The van der Waals surface area contributed by atoms with Crippen molar-refractivity contribution >= 4 is 15.9 Å². The molecule has 0 bridgehead atoms. The molecule has 1 aromatic carbocycles. The third kappa shape index (κ3) is 3.84. The van der Waals surface area contributed by atoms with E-state index in [0.717, 1.165) is 17.4 Å². The van der Waals surface area contributed by atoms with Gasteiger partial charge >= 0.3 is 0 Å². The van der Waals surface area contributed by atoms with Gasteiger partial charge in [-0.2, -0.15) is 4.80 Å². The maximum absolute atomic E-state index is 4.35. The Morgan fingerprint density at radius 1 is 1.26 bits per heavy atom. The number of aryl methyl sites for hydroxylation is 1. The molecule has 5 nitrogen and oxygen atoms in total. The van der Waals surface area contributed by atoms with Crippen molar-refractivity contribution in [2.24, 2.45) is 0 Å². The molecule has 0 radical (unpaired) electrons. The minimum atomic E-state index is 0.122. The molecule has 0 saturated carbocycles. The molecule has 2 aromatic rings. The fourth-order valence-electron chi connectivity index (χ4n) is 1.91. The SMILES string of the molecule is Cc1nnn(C(CCN(C)C)c2ccc(Br)cc2)n1. The smallest absolute Gasteiger partial charge is 0.171 e. The molecule has 102 valence electrons. The van der Waals surface area contributed by atoms with Crippen molar-refractivity contribution in [2.75, 3.05) is 20.6 Å². The molecule has 0 spiro atoms. The van der Waals surface area contributed by atoms with Crippen molar-refractivity contribution in [3.63, 3.8) is 0 Å². The number of aromatic nitrogens is 4. The summed E-state index contributed by atoms with van der Waals surface area (Å²) in [6.07, 6.45) is 0.949. The second kappa shape index (κ2) is 6.25. The van der Waals surface area contributed by atoms with Gasteiger partial charge in [-0.05, 0) is 56.9 Å². The van der Waals surface area contributed by atoms with Crippen LogP contribution in [0.1, 0.15) is 23.9 Å². The third-order valence-corrected chi connectivity index (χ3v) is 3.44. The van der Waals surface area contributed by atoms with Crippen LogP contribution in [0.15, 0.2) is 28.7 Å². The van der Waals surface area contributed by atoms with E-state index >= 15 is 0 Å². The normalized spacial score (nSPS) is 12.9. The van der Waals surface area contributed by atoms with Crippen LogP contribution in [0.5, 0.6) is 0 Å². The summed E-state index contributed by atoms with van der Waals surface area (Å²) in [5.41, 5.74) is 1.20. The van der Waals surface area contributed by atoms with Crippen LogP contribution in [-0.2, 0) is 0 Å². The van der Waals surface area contributed by atoms with E-state index in [9.17, 15) is 0 Å². The Labute approximate surface area is 121 Å². The Kier molecular flexibility index (Phi) is 4.66. The Morgan fingerprint density at radius 3 is 2.47 bits per heavy atom. The monoisotopic (exact) mass is 323 g/mol. The topological polar surface area (TPSA) is 46.8 Å². The summed E-state index contributed by atoms with van der Waals surface area (Å²) < 4.78 is 1.07. The number of nitrogens with zero attached hydrogens (tertiary/aromatic N) is 5. The predicted molar refractivity (Wildman–Crippen MR) is 78.0 cm³/mol. The van der Waals surface area contributed by atoms with Gasteiger partial charge in [-0.3, -0.25) is 0 Å². The van der Waals surface area contributed by atoms with Gasteiger partial charge in [0.2, 0.25) is 0 Å². The zero-order chi connectivity index (χ0) is 13.8. The first kappa shape index (κ1) is 14.1. The van der Waals surface area contributed by atoms with Crippen molar-refractivity contribution in [2.45, 2.75) is 19.4 Å². The maximum atomic E-state index is 4.35. The molecule has 1 atom stereocenters. The average molecular weight is 324 g/mol. The van der Waals surface area contributed by atoms with Crippen LogP contribution in [0, 0.1) is 6.92 Å². The summed E-state index contributed by atoms with van der Waals surface area (Å²) in [7, 11) is 4.14. The van der Waals surface area contributed by atoms with Crippen LogP contribution in [0.2, 0.25) is 0 Å². The molecule has 1 aromatic heterocycles. The van der Waals surface area contributed by atoms with Crippen LogP contribution in [-0.4, -0.2) is 45.7 Å². The fourth-order valence-corrected chi connectivity index (χ4v) is 2.18. The van der Waals surface area contributed by atoms with Gasteiger partial charge in [0, 0.05) is 4.47 Å². The third-order valence-electron chi connectivity index (χ3n) is 2.91.